The quantitative estimate of drug-likeness (QED) is 0.573. The maximum absolute atomic E-state index is 12.3. The number of hydrogen-bond acceptors (Lipinski definition) is 5. The Labute approximate surface area is 147 Å². The number of rotatable bonds is 4. The second-order valence-corrected chi connectivity index (χ2v) is 6.25. The minimum atomic E-state index is -0.452. The fraction of sp³-hybridized carbons (Fsp3) is 0.111. The first-order chi connectivity index (χ1) is 12.1. The Morgan fingerprint density at radius 1 is 1.08 bits per heavy atom. The summed E-state index contributed by atoms with van der Waals surface area (Å²) < 4.78 is 1.40. The van der Waals surface area contributed by atoms with Gasteiger partial charge in [-0.1, -0.05) is 42.1 Å². The lowest BCUT2D eigenvalue weighted by atomic mass is 10.2. The molecule has 0 radical (unpaired) electrons. The second-order valence-electron chi connectivity index (χ2n) is 5.31. The van der Waals surface area contributed by atoms with Crippen molar-refractivity contribution in [1.29, 1.82) is 0 Å². The topological polar surface area (TPSA) is 81.1 Å². The van der Waals surface area contributed by atoms with E-state index in [2.05, 4.69) is 10.3 Å². The average Bonchev–Trinajstić information content (AvgIpc) is 2.64. The molecule has 0 atom stereocenters. The average molecular weight is 353 g/mol. The van der Waals surface area contributed by atoms with Gasteiger partial charge in [-0.15, -0.1) is 0 Å². The van der Waals surface area contributed by atoms with Crippen molar-refractivity contribution < 1.29 is 9.59 Å². The number of benzene rings is 2. The molecule has 3 aromatic rings. The molecule has 2 amide bonds. The maximum atomic E-state index is 12.3. The highest BCUT2D eigenvalue weighted by atomic mass is 32.2. The van der Waals surface area contributed by atoms with Gasteiger partial charge in [-0.2, -0.15) is 0 Å². The van der Waals surface area contributed by atoms with Crippen molar-refractivity contribution in [3.05, 3.63) is 70.5 Å². The third-order valence-corrected chi connectivity index (χ3v) is 4.59. The fourth-order valence-electron chi connectivity index (χ4n) is 2.28. The summed E-state index contributed by atoms with van der Waals surface area (Å²) in [6, 6.07) is 15.5. The van der Waals surface area contributed by atoms with E-state index in [0.29, 0.717) is 21.6 Å². The lowest BCUT2D eigenvalue weighted by Crippen LogP contribution is -2.32. The number of aromatic nitrogens is 2. The van der Waals surface area contributed by atoms with Crippen LogP contribution in [0.4, 0.5) is 0 Å². The molecule has 0 spiro atoms. The Kier molecular flexibility index (Phi) is 4.95. The largest absolute Gasteiger partial charge is 0.292 e. The molecule has 1 heterocycles. The van der Waals surface area contributed by atoms with Crippen molar-refractivity contribution in [2.45, 2.75) is 5.16 Å². The molecule has 0 aliphatic rings. The summed E-state index contributed by atoms with van der Waals surface area (Å²) in [4.78, 5) is 40.7. The summed E-state index contributed by atoms with van der Waals surface area (Å²) in [6.07, 6.45) is 0. The van der Waals surface area contributed by atoms with Crippen LogP contribution in [0.15, 0.2) is 64.5 Å². The molecule has 0 unspecified atom stereocenters. The van der Waals surface area contributed by atoms with Gasteiger partial charge in [0.25, 0.3) is 11.5 Å². The molecule has 0 bridgehead atoms. The first-order valence-corrected chi connectivity index (χ1v) is 8.52. The summed E-state index contributed by atoms with van der Waals surface area (Å²) in [6.45, 7) is 0. The van der Waals surface area contributed by atoms with Gasteiger partial charge in [0.1, 0.15) is 0 Å². The van der Waals surface area contributed by atoms with Crippen LogP contribution in [-0.4, -0.2) is 27.1 Å². The number of carbonyl (C=O) groups excluding carboxylic acids is 2. The zero-order valence-corrected chi connectivity index (χ0v) is 14.2. The Balaban J connectivity index is 1.70. The van der Waals surface area contributed by atoms with E-state index in [1.165, 1.54) is 4.57 Å². The van der Waals surface area contributed by atoms with Crippen LogP contribution in [0.2, 0.25) is 0 Å². The Bertz CT molecular complexity index is 999. The summed E-state index contributed by atoms with van der Waals surface area (Å²) in [7, 11) is 1.61. The Morgan fingerprint density at radius 2 is 1.76 bits per heavy atom. The third-order valence-electron chi connectivity index (χ3n) is 3.56. The van der Waals surface area contributed by atoms with Crippen LogP contribution >= 0.6 is 11.8 Å². The van der Waals surface area contributed by atoms with Crippen LogP contribution in [0.1, 0.15) is 10.4 Å². The van der Waals surface area contributed by atoms with Crippen LogP contribution < -0.4 is 10.9 Å². The zero-order valence-electron chi connectivity index (χ0n) is 13.4. The van der Waals surface area contributed by atoms with E-state index in [-0.39, 0.29) is 11.3 Å². The Hall–Kier alpha value is -2.93. The highest BCUT2D eigenvalue weighted by molar-refractivity contribution is 7.99. The van der Waals surface area contributed by atoms with Crippen LogP contribution in [0.25, 0.3) is 10.9 Å². The van der Waals surface area contributed by atoms with Gasteiger partial charge in [0.2, 0.25) is 5.91 Å². The molecule has 2 aromatic carbocycles. The van der Waals surface area contributed by atoms with Gasteiger partial charge < -0.3 is 0 Å². The van der Waals surface area contributed by atoms with Crippen molar-refractivity contribution in [2.24, 2.45) is 7.05 Å². The minimum absolute atomic E-state index is 0.0167. The predicted molar refractivity (Wildman–Crippen MR) is 96.6 cm³/mol. The maximum Gasteiger partial charge on any atom is 0.261 e. The van der Waals surface area contributed by atoms with E-state index in [4.69, 9.17) is 0 Å². The Morgan fingerprint density at radius 3 is 2.52 bits per heavy atom. The number of para-hydroxylation sites is 1. The molecule has 0 aliphatic carbocycles. The number of carbonyl (C=O) groups is 2. The van der Waals surface area contributed by atoms with E-state index in [1.54, 1.807) is 61.6 Å². The molecule has 6 nitrogen and oxygen atoms in total. The molecule has 1 aromatic heterocycles. The van der Waals surface area contributed by atoms with E-state index in [0.717, 1.165) is 11.8 Å². The number of amides is 2. The fourth-order valence-corrected chi connectivity index (χ4v) is 3.05. The highest BCUT2D eigenvalue weighted by Crippen LogP contribution is 2.16. The third kappa shape index (κ3) is 3.77. The number of nitrogens with one attached hydrogen (secondary N) is 1. The monoisotopic (exact) mass is 353 g/mol. The molecule has 3 rings (SSSR count). The van der Waals surface area contributed by atoms with Gasteiger partial charge in [-0.05, 0) is 24.3 Å². The molecule has 126 valence electrons. The van der Waals surface area contributed by atoms with E-state index in [1.807, 2.05) is 0 Å². The van der Waals surface area contributed by atoms with Crippen LogP contribution in [0.3, 0.4) is 0 Å². The van der Waals surface area contributed by atoms with Crippen molar-refractivity contribution in [3.63, 3.8) is 0 Å². The van der Waals surface area contributed by atoms with Gasteiger partial charge in [-0.25, -0.2) is 4.98 Å². The van der Waals surface area contributed by atoms with Gasteiger partial charge in [0, 0.05) is 12.6 Å². The highest BCUT2D eigenvalue weighted by Gasteiger charge is 2.13. The molecule has 25 heavy (non-hydrogen) atoms. The van der Waals surface area contributed by atoms with Crippen LogP contribution in [0.5, 0.6) is 0 Å². The summed E-state index contributed by atoms with van der Waals surface area (Å²) in [5.41, 5.74) is 0.819. The predicted octanol–water partition coefficient (Wildman–Crippen LogP) is 1.98. The minimum Gasteiger partial charge on any atom is -0.292 e. The number of fused-ring (bicyclic) bond motifs is 1. The first kappa shape index (κ1) is 16.9. The number of thioether (sulfide) groups is 1. The van der Waals surface area contributed by atoms with Gasteiger partial charge >= 0.3 is 0 Å². The molecule has 0 saturated carbocycles. The smallest absolute Gasteiger partial charge is 0.261 e. The van der Waals surface area contributed by atoms with E-state index >= 15 is 0 Å². The SMILES string of the molecule is Cn1c(SCC(=O)NC(=O)c2ccccc2)nc2ccccc2c1=O. The van der Waals surface area contributed by atoms with Gasteiger partial charge in [0.05, 0.1) is 16.7 Å². The van der Waals surface area contributed by atoms with Crippen LogP contribution in [-0.2, 0) is 11.8 Å². The number of hydrogen-bond donors (Lipinski definition) is 1. The van der Waals surface area contributed by atoms with Crippen LogP contribution in [0, 0.1) is 0 Å². The summed E-state index contributed by atoms with van der Waals surface area (Å²) in [5.74, 6) is -0.912. The number of imide groups is 1. The lowest BCUT2D eigenvalue weighted by molar-refractivity contribution is -0.117. The van der Waals surface area contributed by atoms with E-state index < -0.39 is 11.8 Å². The molecular weight excluding hydrogens is 338 g/mol. The summed E-state index contributed by atoms with van der Waals surface area (Å²) >= 11 is 1.11. The molecular formula is C18H15N3O3S. The molecule has 0 fully saturated rings. The standard InChI is InChI=1S/C18H15N3O3S/c1-21-17(24)13-9-5-6-10-14(13)19-18(21)25-11-15(22)20-16(23)12-7-3-2-4-8-12/h2-10H,11H2,1H3,(H,20,22,23). The first-order valence-electron chi connectivity index (χ1n) is 7.54. The van der Waals surface area contributed by atoms with Crippen molar-refractivity contribution in [3.8, 4) is 0 Å². The normalized spacial score (nSPS) is 10.6. The van der Waals surface area contributed by atoms with Gasteiger partial charge in [0.15, 0.2) is 5.16 Å². The van der Waals surface area contributed by atoms with E-state index in [9.17, 15) is 14.4 Å². The second kappa shape index (κ2) is 7.31. The molecule has 0 aliphatic heterocycles. The van der Waals surface area contributed by atoms with Crippen molar-refractivity contribution >= 4 is 34.5 Å². The number of nitrogens with zero attached hydrogens (tertiary/aromatic N) is 2. The lowest BCUT2D eigenvalue weighted by Gasteiger charge is -2.08. The van der Waals surface area contributed by atoms with Crippen molar-refractivity contribution in [1.82, 2.24) is 14.9 Å². The molecule has 0 saturated heterocycles. The van der Waals surface area contributed by atoms with Gasteiger partial charge in [-0.3, -0.25) is 24.3 Å². The molecule has 1 N–H and O–H groups in total. The zero-order chi connectivity index (χ0) is 17.8. The summed E-state index contributed by atoms with van der Waals surface area (Å²) in [5, 5.41) is 3.27. The van der Waals surface area contributed by atoms with Crippen molar-refractivity contribution in [2.75, 3.05) is 5.75 Å². The molecule has 7 heteroatoms.